The van der Waals surface area contributed by atoms with Crippen LogP contribution < -0.4 is 15.4 Å². The number of hydrogen-bond donors (Lipinski definition) is 2. The Labute approximate surface area is 94.4 Å². The quantitative estimate of drug-likeness (QED) is 0.732. The lowest BCUT2D eigenvalue weighted by atomic mass is 10.4. The zero-order valence-corrected chi connectivity index (χ0v) is 9.49. The Hall–Kier alpha value is -1.85. The third kappa shape index (κ3) is 4.12. The molecule has 6 heteroatoms. The number of amides is 1. The molecule has 0 aromatic carbocycles. The summed E-state index contributed by atoms with van der Waals surface area (Å²) in [6.07, 6.45) is 1.83. The molecule has 0 bridgehead atoms. The summed E-state index contributed by atoms with van der Waals surface area (Å²) in [6.45, 7) is 2.98. The first-order valence-electron chi connectivity index (χ1n) is 5.15. The van der Waals surface area contributed by atoms with Crippen molar-refractivity contribution in [3.05, 3.63) is 12.4 Å². The molecule has 0 aliphatic heterocycles. The monoisotopic (exact) mass is 224 g/mol. The van der Waals surface area contributed by atoms with Crippen LogP contribution in [0.15, 0.2) is 12.4 Å². The maximum absolute atomic E-state index is 11.0. The fourth-order valence-corrected chi connectivity index (χ4v) is 1.09. The highest BCUT2D eigenvalue weighted by Crippen LogP contribution is 2.10. The fraction of sp³-hybridized carbons (Fsp3) is 0.500. The highest BCUT2D eigenvalue weighted by molar-refractivity contribution is 5.76. The third-order valence-corrected chi connectivity index (χ3v) is 1.87. The summed E-state index contributed by atoms with van der Waals surface area (Å²) in [5.74, 6) is 1.17. The minimum atomic E-state index is -0.00779. The molecule has 0 aliphatic carbocycles. The molecule has 0 atom stereocenters. The lowest BCUT2D eigenvalue weighted by Crippen LogP contribution is -2.21. The molecule has 0 unspecified atom stereocenters. The predicted octanol–water partition coefficient (Wildman–Crippen LogP) is 0.423. The highest BCUT2D eigenvalue weighted by Gasteiger charge is 2.00. The van der Waals surface area contributed by atoms with E-state index in [0.717, 1.165) is 0 Å². The maximum atomic E-state index is 11.0. The van der Waals surface area contributed by atoms with Crippen molar-refractivity contribution in [3.63, 3.8) is 0 Å². The first kappa shape index (κ1) is 12.2. The van der Waals surface area contributed by atoms with E-state index in [1.807, 2.05) is 6.92 Å². The molecule has 6 nitrogen and oxygen atoms in total. The molecule has 0 radical (unpaired) electrons. The van der Waals surface area contributed by atoms with Gasteiger partial charge in [0.25, 0.3) is 0 Å². The summed E-state index contributed by atoms with van der Waals surface area (Å²) >= 11 is 0. The molecular formula is C10H16N4O2. The van der Waals surface area contributed by atoms with E-state index in [4.69, 9.17) is 4.74 Å². The van der Waals surface area contributed by atoms with E-state index < -0.39 is 0 Å². The van der Waals surface area contributed by atoms with Crippen molar-refractivity contribution >= 4 is 11.7 Å². The molecule has 1 heterocycles. The minimum absolute atomic E-state index is 0.00779. The number of ether oxygens (including phenoxy) is 1. The van der Waals surface area contributed by atoms with Crippen LogP contribution in [0.2, 0.25) is 0 Å². The van der Waals surface area contributed by atoms with E-state index in [-0.39, 0.29) is 5.91 Å². The molecule has 1 aromatic rings. The fourth-order valence-electron chi connectivity index (χ4n) is 1.09. The second kappa shape index (κ2) is 6.60. The first-order chi connectivity index (χ1) is 7.76. The average molecular weight is 224 g/mol. The number of aromatic nitrogens is 2. The molecule has 0 saturated heterocycles. The lowest BCUT2D eigenvalue weighted by molar-refractivity contribution is -0.120. The van der Waals surface area contributed by atoms with Gasteiger partial charge in [0.2, 0.25) is 11.8 Å². The Bertz CT molecular complexity index is 343. The van der Waals surface area contributed by atoms with Crippen molar-refractivity contribution in [1.82, 2.24) is 15.3 Å². The van der Waals surface area contributed by atoms with E-state index in [9.17, 15) is 4.79 Å². The van der Waals surface area contributed by atoms with Crippen molar-refractivity contribution in [2.24, 2.45) is 0 Å². The summed E-state index contributed by atoms with van der Waals surface area (Å²) in [7, 11) is 1.61. The molecule has 0 spiro atoms. The van der Waals surface area contributed by atoms with Crippen LogP contribution in [-0.4, -0.2) is 36.1 Å². The summed E-state index contributed by atoms with van der Waals surface area (Å²) in [4.78, 5) is 18.9. The third-order valence-electron chi connectivity index (χ3n) is 1.87. The Morgan fingerprint density at radius 2 is 2.31 bits per heavy atom. The van der Waals surface area contributed by atoms with Gasteiger partial charge in [-0.15, -0.1) is 0 Å². The number of nitrogens with zero attached hydrogens (tertiary/aromatic N) is 2. The molecule has 1 amide bonds. The van der Waals surface area contributed by atoms with Gasteiger partial charge in [-0.05, 0) is 6.92 Å². The van der Waals surface area contributed by atoms with Crippen LogP contribution in [0, 0.1) is 0 Å². The molecule has 2 N–H and O–H groups in total. The van der Waals surface area contributed by atoms with Gasteiger partial charge in [-0.25, -0.2) is 9.97 Å². The molecular weight excluding hydrogens is 208 g/mol. The van der Waals surface area contributed by atoms with Crippen LogP contribution in [0.25, 0.3) is 0 Å². The van der Waals surface area contributed by atoms with Gasteiger partial charge in [-0.3, -0.25) is 4.79 Å². The Kier molecular flexibility index (Phi) is 5.04. The number of carbonyl (C=O) groups excluding carboxylic acids is 1. The van der Waals surface area contributed by atoms with Gasteiger partial charge in [0.15, 0.2) is 0 Å². The van der Waals surface area contributed by atoms with Gasteiger partial charge in [0.05, 0.1) is 6.61 Å². The van der Waals surface area contributed by atoms with E-state index in [2.05, 4.69) is 20.6 Å². The largest absolute Gasteiger partial charge is 0.478 e. The van der Waals surface area contributed by atoms with Crippen LogP contribution in [0.1, 0.15) is 13.3 Å². The van der Waals surface area contributed by atoms with Gasteiger partial charge >= 0.3 is 0 Å². The van der Waals surface area contributed by atoms with Crippen LogP contribution in [0.5, 0.6) is 5.88 Å². The Morgan fingerprint density at radius 3 is 3.00 bits per heavy atom. The maximum Gasteiger partial charge on any atom is 0.221 e. The second-order valence-corrected chi connectivity index (χ2v) is 3.02. The standard InChI is InChI=1S/C10H16N4O2/c1-3-16-10-6-8(13-7-14-10)12-5-4-9(15)11-2/h6-7H,3-5H2,1-2H3,(H,11,15)(H,12,13,14). The lowest BCUT2D eigenvalue weighted by Gasteiger charge is -2.06. The molecule has 16 heavy (non-hydrogen) atoms. The smallest absolute Gasteiger partial charge is 0.221 e. The Balaban J connectivity index is 2.41. The minimum Gasteiger partial charge on any atom is -0.478 e. The molecule has 88 valence electrons. The van der Waals surface area contributed by atoms with Gasteiger partial charge in [-0.1, -0.05) is 0 Å². The summed E-state index contributed by atoms with van der Waals surface area (Å²) in [6, 6.07) is 1.70. The van der Waals surface area contributed by atoms with Gasteiger partial charge in [0, 0.05) is 26.1 Å². The zero-order chi connectivity index (χ0) is 11.8. The number of hydrogen-bond acceptors (Lipinski definition) is 5. The van der Waals surface area contributed by atoms with Gasteiger partial charge in [0.1, 0.15) is 12.1 Å². The number of carbonyl (C=O) groups is 1. The van der Waals surface area contributed by atoms with Crippen LogP contribution >= 0.6 is 0 Å². The average Bonchev–Trinajstić information content (AvgIpc) is 2.30. The Morgan fingerprint density at radius 1 is 1.50 bits per heavy atom. The number of anilines is 1. The van der Waals surface area contributed by atoms with Gasteiger partial charge < -0.3 is 15.4 Å². The predicted molar refractivity (Wildman–Crippen MR) is 60.4 cm³/mol. The topological polar surface area (TPSA) is 76.1 Å². The number of nitrogens with one attached hydrogen (secondary N) is 2. The summed E-state index contributed by atoms with van der Waals surface area (Å²) in [5.41, 5.74) is 0. The van der Waals surface area contributed by atoms with Gasteiger partial charge in [-0.2, -0.15) is 0 Å². The number of rotatable bonds is 6. The van der Waals surface area contributed by atoms with Crippen molar-refractivity contribution in [2.45, 2.75) is 13.3 Å². The van der Waals surface area contributed by atoms with Crippen LogP contribution in [0.3, 0.4) is 0 Å². The second-order valence-electron chi connectivity index (χ2n) is 3.02. The summed E-state index contributed by atoms with van der Waals surface area (Å²) < 4.78 is 5.22. The van der Waals surface area contributed by atoms with E-state index in [1.54, 1.807) is 13.1 Å². The molecule has 0 fully saturated rings. The van der Waals surface area contributed by atoms with Crippen molar-refractivity contribution in [3.8, 4) is 5.88 Å². The zero-order valence-electron chi connectivity index (χ0n) is 9.49. The van der Waals surface area contributed by atoms with E-state index in [1.165, 1.54) is 6.33 Å². The van der Waals surface area contributed by atoms with Crippen LogP contribution in [-0.2, 0) is 4.79 Å². The van der Waals surface area contributed by atoms with Crippen molar-refractivity contribution < 1.29 is 9.53 Å². The molecule has 0 saturated carbocycles. The molecule has 1 rings (SSSR count). The van der Waals surface area contributed by atoms with E-state index >= 15 is 0 Å². The first-order valence-corrected chi connectivity index (χ1v) is 5.15. The normalized spacial score (nSPS) is 9.62. The highest BCUT2D eigenvalue weighted by atomic mass is 16.5. The van der Waals surface area contributed by atoms with Crippen LogP contribution in [0.4, 0.5) is 5.82 Å². The molecule has 1 aromatic heterocycles. The molecule has 0 aliphatic rings. The van der Waals surface area contributed by atoms with E-state index in [0.29, 0.717) is 31.3 Å². The summed E-state index contributed by atoms with van der Waals surface area (Å²) in [5, 5.41) is 5.56. The van der Waals surface area contributed by atoms with Crippen molar-refractivity contribution in [2.75, 3.05) is 25.5 Å². The SMILES string of the molecule is CCOc1cc(NCCC(=O)NC)ncn1. The van der Waals surface area contributed by atoms with Crippen molar-refractivity contribution in [1.29, 1.82) is 0 Å².